The van der Waals surface area contributed by atoms with Crippen LogP contribution in [0.15, 0.2) is 0 Å². The van der Waals surface area contributed by atoms with Gasteiger partial charge in [-0.05, 0) is 30.6 Å². The fourth-order valence-corrected chi connectivity index (χ4v) is 3.05. The molecule has 90 valence electrons. The maximum Gasteiger partial charge on any atom is 0.0573 e. The van der Waals surface area contributed by atoms with E-state index < -0.39 is 0 Å². The molecule has 0 aromatic carbocycles. The first-order valence-electron chi connectivity index (χ1n) is 6.76. The van der Waals surface area contributed by atoms with Gasteiger partial charge < -0.3 is 5.11 Å². The summed E-state index contributed by atoms with van der Waals surface area (Å²) in [6.07, 6.45) is 9.93. The third kappa shape index (κ3) is 3.79. The summed E-state index contributed by atoms with van der Waals surface area (Å²) in [5.74, 6) is 0.555. The topological polar surface area (TPSA) is 20.2 Å². The highest BCUT2D eigenvalue weighted by Gasteiger charge is 2.38. The molecule has 1 aliphatic carbocycles. The molecule has 1 rings (SSSR count). The number of rotatable bonds is 6. The van der Waals surface area contributed by atoms with Crippen LogP contribution in [0.5, 0.6) is 0 Å². The van der Waals surface area contributed by atoms with Gasteiger partial charge in [-0.3, -0.25) is 0 Å². The van der Waals surface area contributed by atoms with Gasteiger partial charge in [0, 0.05) is 0 Å². The van der Waals surface area contributed by atoms with Gasteiger partial charge in [-0.2, -0.15) is 0 Å². The average molecular weight is 212 g/mol. The van der Waals surface area contributed by atoms with Gasteiger partial charge in [0.25, 0.3) is 0 Å². The van der Waals surface area contributed by atoms with Crippen LogP contribution in [-0.2, 0) is 0 Å². The molecule has 0 aromatic heterocycles. The van der Waals surface area contributed by atoms with E-state index in [1.54, 1.807) is 0 Å². The van der Waals surface area contributed by atoms with Crippen LogP contribution in [0.2, 0.25) is 0 Å². The molecule has 0 bridgehead atoms. The normalized spacial score (nSPS) is 26.8. The average Bonchev–Trinajstić information content (AvgIpc) is 2.52. The molecule has 0 aromatic rings. The lowest BCUT2D eigenvalue weighted by Gasteiger charge is -2.31. The predicted molar refractivity (Wildman–Crippen MR) is 65.9 cm³/mol. The molecule has 1 heteroatoms. The van der Waals surface area contributed by atoms with E-state index >= 15 is 0 Å². The first-order chi connectivity index (χ1) is 7.08. The van der Waals surface area contributed by atoms with Gasteiger partial charge in [0.05, 0.1) is 6.10 Å². The van der Waals surface area contributed by atoms with Crippen LogP contribution < -0.4 is 0 Å². The van der Waals surface area contributed by atoms with E-state index in [1.165, 1.54) is 44.9 Å². The fourth-order valence-electron chi connectivity index (χ4n) is 3.05. The van der Waals surface area contributed by atoms with Crippen LogP contribution in [0.25, 0.3) is 0 Å². The van der Waals surface area contributed by atoms with Crippen molar-refractivity contribution >= 4 is 0 Å². The van der Waals surface area contributed by atoms with Gasteiger partial charge in [0.15, 0.2) is 0 Å². The van der Waals surface area contributed by atoms with E-state index in [2.05, 4.69) is 20.8 Å². The molecule has 2 atom stereocenters. The highest BCUT2D eigenvalue weighted by Crippen LogP contribution is 2.45. The molecule has 1 N–H and O–H groups in total. The van der Waals surface area contributed by atoms with Crippen LogP contribution in [0.4, 0.5) is 0 Å². The van der Waals surface area contributed by atoms with Crippen LogP contribution in [0.1, 0.15) is 72.1 Å². The van der Waals surface area contributed by atoms with Gasteiger partial charge in [-0.25, -0.2) is 0 Å². The molecule has 0 radical (unpaired) electrons. The summed E-state index contributed by atoms with van der Waals surface area (Å²) in [5, 5.41) is 10.2. The zero-order valence-corrected chi connectivity index (χ0v) is 10.8. The second-order valence-corrected chi connectivity index (χ2v) is 5.90. The molecule has 1 nitrogen and oxygen atoms in total. The second-order valence-electron chi connectivity index (χ2n) is 5.90. The molecule has 15 heavy (non-hydrogen) atoms. The highest BCUT2D eigenvalue weighted by atomic mass is 16.3. The lowest BCUT2D eigenvalue weighted by atomic mass is 9.77. The number of aliphatic hydroxyl groups is 1. The molecule has 1 aliphatic rings. The number of hydrogen-bond donors (Lipinski definition) is 1. The maximum atomic E-state index is 10.2. The Bertz CT molecular complexity index is 174. The Hall–Kier alpha value is -0.0400. The van der Waals surface area contributed by atoms with Crippen molar-refractivity contribution in [2.45, 2.75) is 78.2 Å². The van der Waals surface area contributed by atoms with E-state index in [0.717, 1.165) is 6.42 Å². The smallest absolute Gasteiger partial charge is 0.0573 e. The lowest BCUT2D eigenvalue weighted by Crippen LogP contribution is -2.29. The van der Waals surface area contributed by atoms with Gasteiger partial charge in [0.2, 0.25) is 0 Å². The number of unbranched alkanes of at least 4 members (excludes halogenated alkanes) is 3. The summed E-state index contributed by atoms with van der Waals surface area (Å²) in [7, 11) is 0. The molecule has 1 saturated carbocycles. The van der Waals surface area contributed by atoms with Crippen molar-refractivity contribution in [3.8, 4) is 0 Å². The fraction of sp³-hybridized carbons (Fsp3) is 1.00. The lowest BCUT2D eigenvalue weighted by molar-refractivity contribution is 0.0456. The van der Waals surface area contributed by atoms with E-state index in [1.807, 2.05) is 0 Å². The van der Waals surface area contributed by atoms with Gasteiger partial charge in [-0.1, -0.05) is 52.9 Å². The Labute approximate surface area is 95.3 Å². The summed E-state index contributed by atoms with van der Waals surface area (Å²) < 4.78 is 0. The van der Waals surface area contributed by atoms with Crippen LogP contribution in [0, 0.1) is 11.3 Å². The summed E-state index contributed by atoms with van der Waals surface area (Å²) in [4.78, 5) is 0. The predicted octanol–water partition coefficient (Wildman–Crippen LogP) is 4.14. The van der Waals surface area contributed by atoms with E-state index in [9.17, 15) is 5.11 Å². The maximum absolute atomic E-state index is 10.2. The largest absolute Gasteiger partial charge is 0.393 e. The van der Waals surface area contributed by atoms with Gasteiger partial charge in [-0.15, -0.1) is 0 Å². The standard InChI is InChI=1S/C14H28O/c1-4-5-6-7-10-13(15)12-9-8-11-14(12,2)3/h12-13,15H,4-11H2,1-3H3. The monoisotopic (exact) mass is 212 g/mol. The summed E-state index contributed by atoms with van der Waals surface area (Å²) in [6, 6.07) is 0. The molecule has 0 saturated heterocycles. The zero-order valence-electron chi connectivity index (χ0n) is 10.8. The first-order valence-corrected chi connectivity index (χ1v) is 6.76. The Kier molecular flexibility index (Phi) is 5.11. The summed E-state index contributed by atoms with van der Waals surface area (Å²) >= 11 is 0. The minimum Gasteiger partial charge on any atom is -0.393 e. The molecular formula is C14H28O. The summed E-state index contributed by atoms with van der Waals surface area (Å²) in [6.45, 7) is 6.87. The molecule has 0 spiro atoms. The van der Waals surface area contributed by atoms with Crippen molar-refractivity contribution in [1.82, 2.24) is 0 Å². The molecule has 1 fully saturated rings. The Morgan fingerprint density at radius 1 is 1.27 bits per heavy atom. The third-order valence-electron chi connectivity index (χ3n) is 4.16. The Morgan fingerprint density at radius 2 is 2.00 bits per heavy atom. The number of hydrogen-bond acceptors (Lipinski definition) is 1. The van der Waals surface area contributed by atoms with Crippen LogP contribution >= 0.6 is 0 Å². The van der Waals surface area contributed by atoms with E-state index in [4.69, 9.17) is 0 Å². The third-order valence-corrected chi connectivity index (χ3v) is 4.16. The highest BCUT2D eigenvalue weighted by molar-refractivity contribution is 4.88. The molecule has 0 aliphatic heterocycles. The SMILES string of the molecule is CCCCCCC(O)C1CCCC1(C)C. The number of aliphatic hydroxyl groups excluding tert-OH is 1. The van der Waals surface area contributed by atoms with Crippen molar-refractivity contribution in [3.05, 3.63) is 0 Å². The van der Waals surface area contributed by atoms with Gasteiger partial charge >= 0.3 is 0 Å². The van der Waals surface area contributed by atoms with Crippen LogP contribution in [0.3, 0.4) is 0 Å². The molecule has 0 amide bonds. The van der Waals surface area contributed by atoms with Crippen molar-refractivity contribution in [2.75, 3.05) is 0 Å². The van der Waals surface area contributed by atoms with E-state index in [0.29, 0.717) is 11.3 Å². The van der Waals surface area contributed by atoms with Crippen molar-refractivity contribution in [1.29, 1.82) is 0 Å². The van der Waals surface area contributed by atoms with Crippen molar-refractivity contribution in [2.24, 2.45) is 11.3 Å². The minimum absolute atomic E-state index is 0.0423. The molecular weight excluding hydrogens is 184 g/mol. The second kappa shape index (κ2) is 5.89. The van der Waals surface area contributed by atoms with Crippen LogP contribution in [-0.4, -0.2) is 11.2 Å². The minimum atomic E-state index is -0.0423. The van der Waals surface area contributed by atoms with Gasteiger partial charge in [0.1, 0.15) is 0 Å². The zero-order chi connectivity index (χ0) is 11.3. The quantitative estimate of drug-likeness (QED) is 0.656. The van der Waals surface area contributed by atoms with Crippen molar-refractivity contribution in [3.63, 3.8) is 0 Å². The summed E-state index contributed by atoms with van der Waals surface area (Å²) in [5.41, 5.74) is 0.379. The molecule has 2 unspecified atom stereocenters. The van der Waals surface area contributed by atoms with E-state index in [-0.39, 0.29) is 6.10 Å². The Balaban J connectivity index is 2.24. The molecule has 0 heterocycles. The first kappa shape index (κ1) is 13.0. The Morgan fingerprint density at radius 3 is 2.53 bits per heavy atom. The van der Waals surface area contributed by atoms with Crippen molar-refractivity contribution < 1.29 is 5.11 Å².